The molecule has 4 nitrogen and oxygen atoms in total. The highest BCUT2D eigenvalue weighted by atomic mass is 32.1. The van der Waals surface area contributed by atoms with Gasteiger partial charge < -0.3 is 15.4 Å². The predicted octanol–water partition coefficient (Wildman–Crippen LogP) is 1.63. The van der Waals surface area contributed by atoms with E-state index < -0.39 is 0 Å². The molecule has 0 aliphatic carbocycles. The Morgan fingerprint density at radius 1 is 1.61 bits per heavy atom. The van der Waals surface area contributed by atoms with Crippen LogP contribution in [-0.4, -0.2) is 43.2 Å². The Labute approximate surface area is 112 Å². The number of nitrogens with two attached hydrogens (primary N) is 1. The van der Waals surface area contributed by atoms with Crippen molar-refractivity contribution in [2.75, 3.05) is 20.2 Å². The summed E-state index contributed by atoms with van der Waals surface area (Å²) in [4.78, 5) is 16.3. The van der Waals surface area contributed by atoms with Gasteiger partial charge in [-0.15, -0.1) is 11.3 Å². The largest absolute Gasteiger partial charge is 0.381 e. The summed E-state index contributed by atoms with van der Waals surface area (Å²) in [7, 11) is 1.72. The van der Waals surface area contributed by atoms with Crippen LogP contribution >= 0.6 is 11.3 Å². The SMILES string of the molecule is CO[C@H]1CCN(C(=O)c2ccc(C)s2)[C@@H](CN)C1. The van der Waals surface area contributed by atoms with Crippen LogP contribution in [0.2, 0.25) is 0 Å². The fourth-order valence-corrected chi connectivity index (χ4v) is 3.23. The van der Waals surface area contributed by atoms with E-state index in [1.807, 2.05) is 24.0 Å². The number of piperidine rings is 1. The second-order valence-corrected chi connectivity index (χ2v) is 5.97. The van der Waals surface area contributed by atoms with Crippen LogP contribution in [0, 0.1) is 6.92 Å². The van der Waals surface area contributed by atoms with E-state index in [0.29, 0.717) is 6.54 Å². The van der Waals surface area contributed by atoms with Crippen LogP contribution in [0.25, 0.3) is 0 Å². The maximum absolute atomic E-state index is 12.4. The Bertz CT molecular complexity index is 419. The van der Waals surface area contributed by atoms with Crippen molar-refractivity contribution < 1.29 is 9.53 Å². The van der Waals surface area contributed by atoms with Gasteiger partial charge in [0.2, 0.25) is 0 Å². The lowest BCUT2D eigenvalue weighted by Gasteiger charge is -2.38. The number of rotatable bonds is 3. The molecule has 100 valence electrons. The molecule has 18 heavy (non-hydrogen) atoms. The number of amides is 1. The molecule has 0 spiro atoms. The summed E-state index contributed by atoms with van der Waals surface area (Å²) in [5.41, 5.74) is 5.79. The van der Waals surface area contributed by atoms with Crippen molar-refractivity contribution in [2.24, 2.45) is 5.73 Å². The first-order chi connectivity index (χ1) is 8.65. The fourth-order valence-electron chi connectivity index (χ4n) is 2.41. The number of carbonyl (C=O) groups is 1. The molecule has 5 heteroatoms. The third-order valence-corrected chi connectivity index (χ3v) is 4.47. The average molecular weight is 268 g/mol. The van der Waals surface area contributed by atoms with Gasteiger partial charge in [0.1, 0.15) is 0 Å². The predicted molar refractivity (Wildman–Crippen MR) is 73.0 cm³/mol. The van der Waals surface area contributed by atoms with E-state index in [1.54, 1.807) is 18.4 Å². The maximum atomic E-state index is 12.4. The van der Waals surface area contributed by atoms with Gasteiger partial charge in [-0.25, -0.2) is 0 Å². The Morgan fingerprint density at radius 2 is 2.39 bits per heavy atom. The first kappa shape index (κ1) is 13.5. The van der Waals surface area contributed by atoms with Gasteiger partial charge in [-0.2, -0.15) is 0 Å². The van der Waals surface area contributed by atoms with Crippen LogP contribution in [0.1, 0.15) is 27.4 Å². The molecule has 1 aliphatic heterocycles. The Balaban J connectivity index is 2.10. The van der Waals surface area contributed by atoms with Crippen LogP contribution in [0.15, 0.2) is 12.1 Å². The molecule has 2 N–H and O–H groups in total. The van der Waals surface area contributed by atoms with Crippen molar-refractivity contribution in [3.63, 3.8) is 0 Å². The third-order valence-electron chi connectivity index (χ3n) is 3.49. The second-order valence-electron chi connectivity index (χ2n) is 4.68. The molecule has 1 fully saturated rings. The van der Waals surface area contributed by atoms with Gasteiger partial charge in [-0.3, -0.25) is 4.79 Å². The van der Waals surface area contributed by atoms with Gasteiger partial charge in [0, 0.05) is 31.1 Å². The third kappa shape index (κ3) is 2.74. The minimum atomic E-state index is 0.0959. The number of aryl methyl sites for hydroxylation is 1. The Kier molecular flexibility index (Phi) is 4.37. The van der Waals surface area contributed by atoms with Crippen LogP contribution < -0.4 is 5.73 Å². The minimum absolute atomic E-state index is 0.0959. The molecule has 2 atom stereocenters. The first-order valence-corrected chi connectivity index (χ1v) is 7.07. The second kappa shape index (κ2) is 5.82. The van der Waals surface area contributed by atoms with Gasteiger partial charge in [-0.05, 0) is 31.9 Å². The van der Waals surface area contributed by atoms with E-state index >= 15 is 0 Å². The highest BCUT2D eigenvalue weighted by molar-refractivity contribution is 7.13. The first-order valence-electron chi connectivity index (χ1n) is 6.26. The van der Waals surface area contributed by atoms with E-state index in [0.717, 1.165) is 29.1 Å². The van der Waals surface area contributed by atoms with Crippen LogP contribution in [0.4, 0.5) is 0 Å². The van der Waals surface area contributed by atoms with Crippen molar-refractivity contribution in [3.05, 3.63) is 21.9 Å². The molecular weight excluding hydrogens is 248 g/mol. The van der Waals surface area contributed by atoms with E-state index in [2.05, 4.69) is 0 Å². The molecule has 2 rings (SSSR count). The zero-order valence-electron chi connectivity index (χ0n) is 10.9. The van der Waals surface area contributed by atoms with Crippen molar-refractivity contribution in [1.29, 1.82) is 0 Å². The Hall–Kier alpha value is -0.910. The van der Waals surface area contributed by atoms with Crippen molar-refractivity contribution >= 4 is 17.2 Å². The average Bonchev–Trinajstić information content (AvgIpc) is 2.83. The number of carbonyl (C=O) groups excluding carboxylic acids is 1. The monoisotopic (exact) mass is 268 g/mol. The van der Waals surface area contributed by atoms with Crippen LogP contribution in [0.3, 0.4) is 0 Å². The van der Waals surface area contributed by atoms with Gasteiger partial charge in [0.15, 0.2) is 0 Å². The standard InChI is InChI=1S/C13H20N2O2S/c1-9-3-4-12(18-9)13(16)15-6-5-11(17-2)7-10(15)8-14/h3-4,10-11H,5-8,14H2,1-2H3/t10-,11+/m1/s1. The maximum Gasteiger partial charge on any atom is 0.264 e. The van der Waals surface area contributed by atoms with Gasteiger partial charge >= 0.3 is 0 Å². The molecule has 0 radical (unpaired) electrons. The molecule has 1 saturated heterocycles. The number of likely N-dealkylation sites (tertiary alicyclic amines) is 1. The van der Waals surface area contributed by atoms with Crippen molar-refractivity contribution in [1.82, 2.24) is 4.90 Å². The summed E-state index contributed by atoms with van der Waals surface area (Å²) in [5, 5.41) is 0. The van der Waals surface area contributed by atoms with Gasteiger partial charge in [0.25, 0.3) is 5.91 Å². The molecule has 1 amide bonds. The lowest BCUT2D eigenvalue weighted by atomic mass is 9.99. The summed E-state index contributed by atoms with van der Waals surface area (Å²) in [6, 6.07) is 3.98. The molecule has 2 heterocycles. The number of thiophene rings is 1. The van der Waals surface area contributed by atoms with Gasteiger partial charge in [-0.1, -0.05) is 0 Å². The molecule has 0 bridgehead atoms. The van der Waals surface area contributed by atoms with Gasteiger partial charge in [0.05, 0.1) is 11.0 Å². The van der Waals surface area contributed by atoms with Crippen LogP contribution in [-0.2, 0) is 4.74 Å². The zero-order chi connectivity index (χ0) is 13.1. The van der Waals surface area contributed by atoms with E-state index in [1.165, 1.54) is 0 Å². The zero-order valence-corrected chi connectivity index (χ0v) is 11.7. The smallest absolute Gasteiger partial charge is 0.264 e. The molecular formula is C13H20N2O2S. The summed E-state index contributed by atoms with van der Waals surface area (Å²) in [6.07, 6.45) is 1.96. The summed E-state index contributed by atoms with van der Waals surface area (Å²) in [6.45, 7) is 3.24. The number of methoxy groups -OCH3 is 1. The topological polar surface area (TPSA) is 55.6 Å². The number of hydrogen-bond acceptors (Lipinski definition) is 4. The molecule has 1 aromatic rings. The van der Waals surface area contributed by atoms with Crippen molar-refractivity contribution in [3.8, 4) is 0 Å². The van der Waals surface area contributed by atoms with Crippen LogP contribution in [0.5, 0.6) is 0 Å². The molecule has 0 saturated carbocycles. The number of ether oxygens (including phenoxy) is 1. The summed E-state index contributed by atoms with van der Waals surface area (Å²) < 4.78 is 5.37. The molecule has 1 aromatic heterocycles. The van der Waals surface area contributed by atoms with E-state index in [-0.39, 0.29) is 18.1 Å². The molecule has 1 aliphatic rings. The quantitative estimate of drug-likeness (QED) is 0.906. The summed E-state index contributed by atoms with van der Waals surface area (Å²) in [5.74, 6) is 0.109. The Morgan fingerprint density at radius 3 is 2.94 bits per heavy atom. The number of hydrogen-bond donors (Lipinski definition) is 1. The van der Waals surface area contributed by atoms with Crippen molar-refractivity contribution in [2.45, 2.75) is 31.9 Å². The summed E-state index contributed by atoms with van der Waals surface area (Å²) >= 11 is 1.55. The fraction of sp³-hybridized carbons (Fsp3) is 0.615. The molecule has 0 unspecified atom stereocenters. The lowest BCUT2D eigenvalue weighted by molar-refractivity contribution is 0.0141. The van der Waals surface area contributed by atoms with E-state index in [9.17, 15) is 4.79 Å². The normalized spacial score (nSPS) is 24.3. The molecule has 0 aromatic carbocycles. The highest BCUT2D eigenvalue weighted by Gasteiger charge is 2.31. The number of nitrogens with zero attached hydrogens (tertiary/aromatic N) is 1. The van der Waals surface area contributed by atoms with E-state index in [4.69, 9.17) is 10.5 Å². The minimum Gasteiger partial charge on any atom is -0.381 e. The lowest BCUT2D eigenvalue weighted by Crippen LogP contribution is -2.51. The highest BCUT2D eigenvalue weighted by Crippen LogP contribution is 2.24.